The summed E-state index contributed by atoms with van der Waals surface area (Å²) in [6.45, 7) is 9.80. The van der Waals surface area contributed by atoms with Crippen molar-refractivity contribution in [3.63, 3.8) is 0 Å². The molecule has 1 atom stereocenters. The lowest BCUT2D eigenvalue weighted by molar-refractivity contribution is -0.121. The number of ether oxygens (including phenoxy) is 1. The van der Waals surface area contributed by atoms with Gasteiger partial charge in [0, 0.05) is 28.9 Å². The highest BCUT2D eigenvalue weighted by atomic mass is 16.5. The van der Waals surface area contributed by atoms with E-state index in [-0.39, 0.29) is 11.7 Å². The van der Waals surface area contributed by atoms with Crippen molar-refractivity contribution >= 4 is 5.78 Å². The molecule has 3 nitrogen and oxygen atoms in total. The van der Waals surface area contributed by atoms with Crippen molar-refractivity contribution in [1.82, 2.24) is 4.98 Å². The minimum Gasteiger partial charge on any atom is -0.496 e. The molecule has 0 bridgehead atoms. The molecule has 0 fully saturated rings. The minimum atomic E-state index is 0.0311. The molecule has 1 aromatic rings. The normalized spacial score (nSPS) is 12.6. The summed E-state index contributed by atoms with van der Waals surface area (Å²) in [5.41, 5.74) is 3.04. The largest absolute Gasteiger partial charge is 0.496 e. The van der Waals surface area contributed by atoms with E-state index in [9.17, 15) is 4.79 Å². The van der Waals surface area contributed by atoms with Crippen LogP contribution in [0.2, 0.25) is 0 Å². The third-order valence-electron chi connectivity index (χ3n) is 3.49. The van der Waals surface area contributed by atoms with Crippen LogP contribution in [-0.2, 0) is 11.2 Å². The van der Waals surface area contributed by atoms with E-state index < -0.39 is 0 Å². The van der Waals surface area contributed by atoms with E-state index in [4.69, 9.17) is 4.74 Å². The van der Waals surface area contributed by atoms with Gasteiger partial charge in [-0.15, -0.1) is 0 Å². The van der Waals surface area contributed by atoms with Crippen molar-refractivity contribution in [1.29, 1.82) is 0 Å². The number of aromatic nitrogens is 1. The topological polar surface area (TPSA) is 39.2 Å². The lowest BCUT2D eigenvalue weighted by atomic mass is 9.87. The molecule has 0 saturated carbocycles. The lowest BCUT2D eigenvalue weighted by Gasteiger charge is -2.19. The number of nitrogens with zero attached hydrogens (tertiary/aromatic N) is 1. The molecule has 0 amide bonds. The highest BCUT2D eigenvalue weighted by Gasteiger charge is 2.21. The van der Waals surface area contributed by atoms with Gasteiger partial charge >= 0.3 is 0 Å². The van der Waals surface area contributed by atoms with Crippen LogP contribution in [-0.4, -0.2) is 17.9 Å². The summed E-state index contributed by atoms with van der Waals surface area (Å²) in [5, 5.41) is 0. The predicted octanol–water partition coefficient (Wildman–Crippen LogP) is 3.11. The molecule has 0 aliphatic rings. The van der Waals surface area contributed by atoms with Crippen LogP contribution in [0.3, 0.4) is 0 Å². The molecule has 0 aliphatic carbocycles. The summed E-state index contributed by atoms with van der Waals surface area (Å²) < 4.78 is 5.39. The molecule has 0 aromatic carbocycles. The minimum absolute atomic E-state index is 0.0311. The smallest absolute Gasteiger partial charge is 0.133 e. The van der Waals surface area contributed by atoms with Gasteiger partial charge in [-0.1, -0.05) is 13.8 Å². The Morgan fingerprint density at radius 3 is 2.44 bits per heavy atom. The summed E-state index contributed by atoms with van der Waals surface area (Å²) in [6, 6.07) is 0. The SMILES string of the molecule is COc1c(C)cnc(CC(C(C)=O)C(C)C)c1C. The van der Waals surface area contributed by atoms with Gasteiger partial charge in [0.05, 0.1) is 7.11 Å². The van der Waals surface area contributed by atoms with Crippen molar-refractivity contribution in [3.8, 4) is 5.75 Å². The van der Waals surface area contributed by atoms with Gasteiger partial charge in [0.15, 0.2) is 0 Å². The Morgan fingerprint density at radius 1 is 1.39 bits per heavy atom. The predicted molar refractivity (Wildman–Crippen MR) is 73.0 cm³/mol. The number of Topliss-reactive ketones (excluding diaryl/α,β-unsaturated/α-hetero) is 1. The first-order valence-corrected chi connectivity index (χ1v) is 6.38. The van der Waals surface area contributed by atoms with Gasteiger partial charge < -0.3 is 4.74 Å². The number of hydrogen-bond donors (Lipinski definition) is 0. The third kappa shape index (κ3) is 3.09. The molecular formula is C15H23NO2. The number of ketones is 1. The van der Waals surface area contributed by atoms with Gasteiger partial charge in [-0.3, -0.25) is 9.78 Å². The monoisotopic (exact) mass is 249 g/mol. The number of rotatable bonds is 5. The zero-order valence-corrected chi connectivity index (χ0v) is 12.2. The Morgan fingerprint density at radius 2 is 2.00 bits per heavy atom. The second kappa shape index (κ2) is 5.98. The second-order valence-corrected chi connectivity index (χ2v) is 5.21. The fourth-order valence-corrected chi connectivity index (χ4v) is 2.33. The Hall–Kier alpha value is -1.38. The molecular weight excluding hydrogens is 226 g/mol. The van der Waals surface area contributed by atoms with E-state index in [1.165, 1.54) is 0 Å². The van der Waals surface area contributed by atoms with Gasteiger partial charge in [-0.25, -0.2) is 0 Å². The molecule has 1 rings (SSSR count). The number of methoxy groups -OCH3 is 1. The van der Waals surface area contributed by atoms with E-state index in [1.54, 1.807) is 14.0 Å². The van der Waals surface area contributed by atoms with Gasteiger partial charge in [0.1, 0.15) is 11.5 Å². The molecule has 0 saturated heterocycles. The van der Waals surface area contributed by atoms with Crippen molar-refractivity contribution in [3.05, 3.63) is 23.0 Å². The molecule has 100 valence electrons. The molecule has 0 N–H and O–H groups in total. The lowest BCUT2D eigenvalue weighted by Crippen LogP contribution is -2.21. The molecule has 3 heteroatoms. The molecule has 1 aromatic heterocycles. The molecule has 1 unspecified atom stereocenters. The summed E-state index contributed by atoms with van der Waals surface area (Å²) in [4.78, 5) is 16.1. The molecule has 0 spiro atoms. The highest BCUT2D eigenvalue weighted by Crippen LogP contribution is 2.27. The van der Waals surface area contributed by atoms with E-state index in [0.717, 1.165) is 22.6 Å². The van der Waals surface area contributed by atoms with Gasteiger partial charge in [-0.05, 0) is 33.1 Å². The Balaban J connectivity index is 3.07. The van der Waals surface area contributed by atoms with Crippen molar-refractivity contribution in [2.45, 2.75) is 41.0 Å². The average Bonchev–Trinajstić information content (AvgIpc) is 2.27. The van der Waals surface area contributed by atoms with Crippen LogP contribution >= 0.6 is 0 Å². The quantitative estimate of drug-likeness (QED) is 0.805. The van der Waals surface area contributed by atoms with Gasteiger partial charge in [0.2, 0.25) is 0 Å². The molecule has 18 heavy (non-hydrogen) atoms. The maximum absolute atomic E-state index is 11.7. The van der Waals surface area contributed by atoms with Gasteiger partial charge in [-0.2, -0.15) is 0 Å². The first-order valence-electron chi connectivity index (χ1n) is 6.38. The standard InChI is InChI=1S/C15H23NO2/c1-9(2)13(12(5)17)7-14-11(4)15(18-6)10(3)8-16-14/h8-9,13H,7H2,1-6H3. The summed E-state index contributed by atoms with van der Waals surface area (Å²) in [6.07, 6.45) is 2.51. The van der Waals surface area contributed by atoms with Crippen LogP contribution in [0.5, 0.6) is 5.75 Å². The number of aryl methyl sites for hydroxylation is 1. The van der Waals surface area contributed by atoms with Crippen LogP contribution in [0.4, 0.5) is 0 Å². The number of carbonyl (C=O) groups is 1. The number of carbonyl (C=O) groups excluding carboxylic acids is 1. The fraction of sp³-hybridized carbons (Fsp3) is 0.600. The average molecular weight is 249 g/mol. The maximum Gasteiger partial charge on any atom is 0.133 e. The van der Waals surface area contributed by atoms with Crippen LogP contribution in [0, 0.1) is 25.7 Å². The first-order chi connectivity index (χ1) is 8.38. The molecule has 0 aliphatic heterocycles. The molecule has 0 radical (unpaired) electrons. The van der Waals surface area contributed by atoms with Crippen LogP contribution < -0.4 is 4.74 Å². The van der Waals surface area contributed by atoms with Crippen LogP contribution in [0.25, 0.3) is 0 Å². The van der Waals surface area contributed by atoms with E-state index in [1.807, 2.05) is 20.0 Å². The van der Waals surface area contributed by atoms with Crippen LogP contribution in [0.1, 0.15) is 37.6 Å². The fourth-order valence-electron chi connectivity index (χ4n) is 2.33. The van der Waals surface area contributed by atoms with Crippen molar-refractivity contribution < 1.29 is 9.53 Å². The van der Waals surface area contributed by atoms with E-state index in [0.29, 0.717) is 12.3 Å². The Bertz CT molecular complexity index is 438. The highest BCUT2D eigenvalue weighted by molar-refractivity contribution is 5.78. The number of hydrogen-bond acceptors (Lipinski definition) is 3. The Kier molecular flexibility index (Phi) is 4.88. The number of pyridine rings is 1. The summed E-state index contributed by atoms with van der Waals surface area (Å²) in [7, 11) is 1.67. The van der Waals surface area contributed by atoms with Crippen LogP contribution in [0.15, 0.2) is 6.20 Å². The summed E-state index contributed by atoms with van der Waals surface area (Å²) in [5.74, 6) is 1.47. The third-order valence-corrected chi connectivity index (χ3v) is 3.49. The van der Waals surface area contributed by atoms with E-state index in [2.05, 4.69) is 18.8 Å². The zero-order chi connectivity index (χ0) is 13.9. The zero-order valence-electron chi connectivity index (χ0n) is 12.2. The molecule has 1 heterocycles. The Labute approximate surface area is 110 Å². The maximum atomic E-state index is 11.7. The van der Waals surface area contributed by atoms with E-state index >= 15 is 0 Å². The van der Waals surface area contributed by atoms with Gasteiger partial charge in [0.25, 0.3) is 0 Å². The van der Waals surface area contributed by atoms with Crippen molar-refractivity contribution in [2.75, 3.05) is 7.11 Å². The summed E-state index contributed by atoms with van der Waals surface area (Å²) >= 11 is 0. The first kappa shape index (κ1) is 14.7. The second-order valence-electron chi connectivity index (χ2n) is 5.21. The van der Waals surface area contributed by atoms with Crippen molar-refractivity contribution in [2.24, 2.45) is 11.8 Å².